The number of halogens is 1. The summed E-state index contributed by atoms with van der Waals surface area (Å²) >= 11 is 0. The minimum absolute atomic E-state index is 0. The number of phenols is 1. The van der Waals surface area contributed by atoms with E-state index in [4.69, 9.17) is 5.11 Å². The first-order valence-corrected chi connectivity index (χ1v) is 6.89. The van der Waals surface area contributed by atoms with Crippen molar-refractivity contribution in [3.05, 3.63) is 29.5 Å². The van der Waals surface area contributed by atoms with Crippen molar-refractivity contribution in [3.8, 4) is 11.5 Å². The van der Waals surface area contributed by atoms with Crippen molar-refractivity contribution in [3.63, 3.8) is 0 Å². The molecule has 1 saturated heterocycles. The summed E-state index contributed by atoms with van der Waals surface area (Å²) in [5.41, 5.74) is 0.686. The Morgan fingerprint density at radius 2 is 1.95 bits per heavy atom. The van der Waals surface area contributed by atoms with Crippen molar-refractivity contribution < 1.29 is 20.1 Å². The van der Waals surface area contributed by atoms with E-state index in [1.165, 1.54) is 0 Å². The minimum atomic E-state index is -1.25. The van der Waals surface area contributed by atoms with Crippen molar-refractivity contribution >= 4 is 29.3 Å². The van der Waals surface area contributed by atoms with Crippen LogP contribution in [0.3, 0.4) is 0 Å². The van der Waals surface area contributed by atoms with E-state index in [-0.39, 0.29) is 41.2 Å². The van der Waals surface area contributed by atoms with Gasteiger partial charge in [-0.15, -0.1) is 12.4 Å². The van der Waals surface area contributed by atoms with E-state index < -0.39 is 5.97 Å². The molecule has 22 heavy (non-hydrogen) atoms. The van der Waals surface area contributed by atoms with E-state index in [1.54, 1.807) is 12.1 Å². The van der Waals surface area contributed by atoms with Gasteiger partial charge in [-0.05, 0) is 37.1 Å². The number of rotatable bonds is 2. The molecule has 1 aromatic carbocycles. The summed E-state index contributed by atoms with van der Waals surface area (Å²) in [5.74, 6) is -1.55. The molecule has 1 atom stereocenters. The number of carboxylic acid groups (broad SMARTS) is 1. The highest BCUT2D eigenvalue weighted by Crippen LogP contribution is 2.35. The Morgan fingerprint density at radius 3 is 2.59 bits per heavy atom. The number of pyridine rings is 1. The molecule has 1 aliphatic rings. The standard InChI is InChI=1S/C15H16N2O4.ClH/c18-12-7-11(15(20)21)17-14-9(12)5-8(6-13(14)19)10-3-1-2-4-16-10;/h5-7,10,16,19H,1-4H2,(H,17,18)(H,20,21);1H. The molecule has 1 aliphatic heterocycles. The highest BCUT2D eigenvalue weighted by atomic mass is 35.5. The summed E-state index contributed by atoms with van der Waals surface area (Å²) in [4.78, 5) is 14.8. The average molecular weight is 325 g/mol. The van der Waals surface area contributed by atoms with E-state index in [9.17, 15) is 15.0 Å². The second kappa shape index (κ2) is 6.37. The summed E-state index contributed by atoms with van der Waals surface area (Å²) in [6.07, 6.45) is 3.20. The predicted octanol–water partition coefficient (Wildman–Crippen LogP) is 2.58. The summed E-state index contributed by atoms with van der Waals surface area (Å²) in [6, 6.07) is 4.57. The van der Waals surface area contributed by atoms with Crippen LogP contribution in [0.1, 0.15) is 41.4 Å². The van der Waals surface area contributed by atoms with E-state index >= 15 is 0 Å². The fourth-order valence-corrected chi connectivity index (χ4v) is 2.76. The van der Waals surface area contributed by atoms with Crippen LogP contribution in [0.2, 0.25) is 0 Å². The molecule has 1 unspecified atom stereocenters. The van der Waals surface area contributed by atoms with Crippen molar-refractivity contribution in [1.29, 1.82) is 0 Å². The molecule has 4 N–H and O–H groups in total. The molecule has 0 bridgehead atoms. The third-order valence-electron chi connectivity index (χ3n) is 3.83. The van der Waals surface area contributed by atoms with Crippen molar-refractivity contribution in [2.75, 3.05) is 6.54 Å². The molecule has 0 spiro atoms. The zero-order valence-corrected chi connectivity index (χ0v) is 12.6. The molecule has 0 radical (unpaired) electrons. The van der Waals surface area contributed by atoms with Crippen LogP contribution in [-0.4, -0.2) is 32.8 Å². The summed E-state index contributed by atoms with van der Waals surface area (Å²) in [5, 5.41) is 32.8. The number of aromatic nitrogens is 1. The van der Waals surface area contributed by atoms with Gasteiger partial charge in [0.15, 0.2) is 5.69 Å². The van der Waals surface area contributed by atoms with Crippen molar-refractivity contribution in [1.82, 2.24) is 10.3 Å². The monoisotopic (exact) mass is 324 g/mol. The van der Waals surface area contributed by atoms with Gasteiger partial charge in [-0.3, -0.25) is 0 Å². The Morgan fingerprint density at radius 1 is 1.18 bits per heavy atom. The van der Waals surface area contributed by atoms with Crippen molar-refractivity contribution in [2.24, 2.45) is 0 Å². The summed E-state index contributed by atoms with van der Waals surface area (Å²) in [7, 11) is 0. The molecule has 0 saturated carbocycles. The first kappa shape index (κ1) is 16.3. The van der Waals surface area contributed by atoms with E-state index in [0.29, 0.717) is 5.39 Å². The molecule has 3 rings (SSSR count). The fraction of sp³-hybridized carbons (Fsp3) is 0.333. The van der Waals surface area contributed by atoms with Crippen LogP contribution in [0.4, 0.5) is 0 Å². The van der Waals surface area contributed by atoms with Crippen LogP contribution < -0.4 is 5.32 Å². The SMILES string of the molecule is Cl.O=C(O)c1cc(O)c2cc(C3CCCCN3)cc(O)c2n1. The molecule has 118 valence electrons. The minimum Gasteiger partial charge on any atom is -0.507 e. The first-order valence-electron chi connectivity index (χ1n) is 6.89. The van der Waals surface area contributed by atoms with Gasteiger partial charge in [-0.2, -0.15) is 0 Å². The second-order valence-electron chi connectivity index (χ2n) is 5.27. The quantitative estimate of drug-likeness (QED) is 0.677. The number of hydrogen-bond donors (Lipinski definition) is 4. The molecular weight excluding hydrogens is 308 g/mol. The van der Waals surface area contributed by atoms with Gasteiger partial charge in [0.1, 0.15) is 17.0 Å². The maximum absolute atomic E-state index is 11.0. The molecular formula is C15H17ClN2O4. The number of hydrogen-bond acceptors (Lipinski definition) is 5. The Kier molecular flexibility index (Phi) is 4.73. The lowest BCUT2D eigenvalue weighted by atomic mass is 9.95. The number of piperidine rings is 1. The summed E-state index contributed by atoms with van der Waals surface area (Å²) < 4.78 is 0. The van der Waals surface area contributed by atoms with Gasteiger partial charge < -0.3 is 20.6 Å². The lowest BCUT2D eigenvalue weighted by Gasteiger charge is -2.24. The molecule has 2 aromatic rings. The maximum Gasteiger partial charge on any atom is 0.354 e. The van der Waals surface area contributed by atoms with Gasteiger partial charge in [0, 0.05) is 17.5 Å². The fourth-order valence-electron chi connectivity index (χ4n) is 2.76. The van der Waals surface area contributed by atoms with Gasteiger partial charge in [0.05, 0.1) is 0 Å². The van der Waals surface area contributed by atoms with Gasteiger partial charge in [-0.1, -0.05) is 6.42 Å². The molecule has 2 heterocycles. The Labute approximate surface area is 133 Å². The Bertz CT molecular complexity index is 714. The molecule has 1 aromatic heterocycles. The number of phenolic OH excluding ortho intramolecular Hbond substituents is 1. The Hall–Kier alpha value is -2.05. The largest absolute Gasteiger partial charge is 0.507 e. The second-order valence-corrected chi connectivity index (χ2v) is 5.27. The van der Waals surface area contributed by atoms with Gasteiger partial charge >= 0.3 is 5.97 Å². The third-order valence-corrected chi connectivity index (χ3v) is 3.83. The molecule has 6 nitrogen and oxygen atoms in total. The topological polar surface area (TPSA) is 103 Å². The van der Waals surface area contributed by atoms with Gasteiger partial charge in [0.25, 0.3) is 0 Å². The highest BCUT2D eigenvalue weighted by Gasteiger charge is 2.19. The molecule has 0 aliphatic carbocycles. The van der Waals surface area contributed by atoms with Crippen LogP contribution in [0.5, 0.6) is 11.5 Å². The van der Waals surface area contributed by atoms with Crippen LogP contribution >= 0.6 is 12.4 Å². The predicted molar refractivity (Wildman–Crippen MR) is 83.9 cm³/mol. The Balaban J connectivity index is 0.00000176. The molecule has 0 amide bonds. The van der Waals surface area contributed by atoms with Crippen LogP contribution in [-0.2, 0) is 0 Å². The molecule has 1 fully saturated rings. The number of nitrogens with one attached hydrogen (secondary N) is 1. The van der Waals surface area contributed by atoms with E-state index in [2.05, 4.69) is 10.3 Å². The van der Waals surface area contributed by atoms with Crippen LogP contribution in [0.15, 0.2) is 18.2 Å². The smallest absolute Gasteiger partial charge is 0.354 e. The van der Waals surface area contributed by atoms with E-state index in [1.807, 2.05) is 0 Å². The number of aromatic carboxylic acids is 1. The first-order chi connectivity index (χ1) is 10.1. The van der Waals surface area contributed by atoms with Gasteiger partial charge in [-0.25, -0.2) is 9.78 Å². The van der Waals surface area contributed by atoms with Gasteiger partial charge in [0.2, 0.25) is 0 Å². The number of benzene rings is 1. The number of aromatic hydroxyl groups is 2. The van der Waals surface area contributed by atoms with E-state index in [0.717, 1.165) is 37.4 Å². The molecule has 7 heteroatoms. The van der Waals surface area contributed by atoms with Crippen LogP contribution in [0, 0.1) is 0 Å². The third kappa shape index (κ3) is 2.93. The van der Waals surface area contributed by atoms with Crippen molar-refractivity contribution in [2.45, 2.75) is 25.3 Å². The highest BCUT2D eigenvalue weighted by molar-refractivity contribution is 5.95. The normalized spacial score (nSPS) is 17.9. The number of fused-ring (bicyclic) bond motifs is 1. The lowest BCUT2D eigenvalue weighted by Crippen LogP contribution is -2.26. The van der Waals surface area contributed by atoms with Crippen LogP contribution in [0.25, 0.3) is 10.9 Å². The number of carboxylic acids is 1. The zero-order chi connectivity index (χ0) is 15.0. The summed E-state index contributed by atoms with van der Waals surface area (Å²) in [6.45, 7) is 0.922. The average Bonchev–Trinajstić information content (AvgIpc) is 2.48. The number of nitrogens with zero attached hydrogens (tertiary/aromatic N) is 1. The maximum atomic E-state index is 11.0. The lowest BCUT2D eigenvalue weighted by molar-refractivity contribution is 0.0690. The zero-order valence-electron chi connectivity index (χ0n) is 11.7. The number of carbonyl (C=O) groups is 1.